The predicted molar refractivity (Wildman–Crippen MR) is 112 cm³/mol. The zero-order valence-corrected chi connectivity index (χ0v) is 16.3. The van der Waals surface area contributed by atoms with Crippen LogP contribution in [-0.2, 0) is 24.0 Å². The van der Waals surface area contributed by atoms with E-state index < -0.39 is 16.2 Å². The number of aromatic nitrogens is 1. The number of amides is 1. The Balaban J connectivity index is 1.52. The van der Waals surface area contributed by atoms with Gasteiger partial charge in [0.1, 0.15) is 16.2 Å². The maximum Gasteiger partial charge on any atom is 0.251 e. The number of benzene rings is 2. The van der Waals surface area contributed by atoms with Crippen LogP contribution in [0.25, 0.3) is 0 Å². The van der Waals surface area contributed by atoms with Gasteiger partial charge in [0.05, 0.1) is 5.69 Å². The Hall–Kier alpha value is -3.32. The van der Waals surface area contributed by atoms with E-state index in [9.17, 15) is 13.8 Å². The van der Waals surface area contributed by atoms with E-state index in [-0.39, 0.29) is 11.7 Å². The number of pyridine rings is 1. The van der Waals surface area contributed by atoms with Gasteiger partial charge in [-0.25, -0.2) is 4.21 Å². The number of anilines is 1. The molecule has 29 heavy (non-hydrogen) atoms. The molecular weight excluding hydrogens is 386 g/mol. The fourth-order valence-electron chi connectivity index (χ4n) is 3.21. The molecule has 6 nitrogen and oxygen atoms in total. The number of Topliss-reactive ketones (excluding diaryl/α,β-unsaturated/α-hetero) is 1. The Kier molecular flexibility index (Phi) is 5.48. The van der Waals surface area contributed by atoms with Crippen LogP contribution in [0.15, 0.2) is 73.1 Å². The zero-order valence-electron chi connectivity index (χ0n) is 15.5. The number of ketones is 1. The van der Waals surface area contributed by atoms with E-state index in [4.69, 9.17) is 0 Å². The number of hydrogen-bond donors (Lipinski definition) is 2. The number of carbonyl (C=O) groups excluding carboxylic acids is 2. The molecule has 1 amide bonds. The molecule has 0 aliphatic carbocycles. The molecule has 2 heterocycles. The van der Waals surface area contributed by atoms with E-state index in [1.165, 1.54) is 0 Å². The number of fused-ring (bicyclic) bond motifs is 1. The number of nitrogens with zero attached hydrogens (tertiary/aromatic N) is 1. The van der Waals surface area contributed by atoms with E-state index in [1.807, 2.05) is 42.5 Å². The van der Waals surface area contributed by atoms with Crippen LogP contribution in [-0.4, -0.2) is 26.1 Å². The van der Waals surface area contributed by atoms with Crippen molar-refractivity contribution in [2.24, 2.45) is 0 Å². The molecule has 2 N–H and O–H groups in total. The van der Waals surface area contributed by atoms with Gasteiger partial charge in [-0.2, -0.15) is 0 Å². The van der Waals surface area contributed by atoms with Gasteiger partial charge >= 0.3 is 0 Å². The largest absolute Gasteiger partial charge is 0.348 e. The highest BCUT2D eigenvalue weighted by Gasteiger charge is 2.33. The molecule has 2 atom stereocenters. The Morgan fingerprint density at radius 3 is 2.55 bits per heavy atom. The number of nitrogens with one attached hydrogen (secondary N) is 2. The number of rotatable bonds is 5. The average Bonchev–Trinajstić information content (AvgIpc) is 2.76. The molecule has 1 aromatic heterocycles. The third kappa shape index (κ3) is 4.25. The quantitative estimate of drug-likeness (QED) is 0.683. The molecule has 0 radical (unpaired) electrons. The highest BCUT2D eigenvalue weighted by molar-refractivity contribution is 7.88. The second-order valence-electron chi connectivity index (χ2n) is 6.74. The summed E-state index contributed by atoms with van der Waals surface area (Å²) in [6, 6.07) is 18.0. The molecular formula is C22H19N3O3S. The predicted octanol–water partition coefficient (Wildman–Crippen LogP) is 2.89. The van der Waals surface area contributed by atoms with Crippen molar-refractivity contribution < 1.29 is 13.8 Å². The topological polar surface area (TPSA) is 88.2 Å². The number of hydrogen-bond acceptors (Lipinski definition) is 4. The first kappa shape index (κ1) is 19.0. The molecule has 146 valence electrons. The summed E-state index contributed by atoms with van der Waals surface area (Å²) in [5.41, 5.74) is 3.14. The lowest BCUT2D eigenvalue weighted by Gasteiger charge is -2.24. The van der Waals surface area contributed by atoms with Crippen molar-refractivity contribution in [3.05, 3.63) is 95.3 Å². The van der Waals surface area contributed by atoms with Crippen LogP contribution in [0.1, 0.15) is 31.8 Å². The molecule has 7 heteroatoms. The molecule has 0 saturated heterocycles. The highest BCUT2D eigenvalue weighted by Crippen LogP contribution is 2.28. The highest BCUT2D eigenvalue weighted by atomic mass is 32.2. The molecule has 0 spiro atoms. The minimum absolute atomic E-state index is 0.218. The minimum Gasteiger partial charge on any atom is -0.348 e. The molecule has 0 saturated carbocycles. The van der Waals surface area contributed by atoms with Gasteiger partial charge in [0.2, 0.25) is 0 Å². The second kappa shape index (κ2) is 8.36. The van der Waals surface area contributed by atoms with Crippen LogP contribution in [0.5, 0.6) is 0 Å². The first-order chi connectivity index (χ1) is 14.1. The summed E-state index contributed by atoms with van der Waals surface area (Å²) >= 11 is 0. The van der Waals surface area contributed by atoms with Gasteiger partial charge in [-0.15, -0.1) is 0 Å². The summed E-state index contributed by atoms with van der Waals surface area (Å²) in [6.45, 7) is 0.366. The van der Waals surface area contributed by atoms with Crippen molar-refractivity contribution in [3.63, 3.8) is 0 Å². The lowest BCUT2D eigenvalue weighted by molar-refractivity contribution is 0.0951. The summed E-state index contributed by atoms with van der Waals surface area (Å²) in [5.74, 6) is -0.492. The molecule has 0 bridgehead atoms. The van der Waals surface area contributed by atoms with Crippen LogP contribution in [0.4, 0.5) is 5.69 Å². The Morgan fingerprint density at radius 2 is 1.79 bits per heavy atom. The number of carbonyl (C=O) groups is 2. The molecule has 3 aromatic rings. The van der Waals surface area contributed by atoms with Crippen LogP contribution in [0.3, 0.4) is 0 Å². The fraction of sp³-hybridized carbons (Fsp3) is 0.136. The van der Waals surface area contributed by atoms with Gasteiger partial charge < -0.3 is 10.0 Å². The summed E-state index contributed by atoms with van der Waals surface area (Å²) in [5, 5.41) is 2.14. The van der Waals surface area contributed by atoms with Crippen molar-refractivity contribution >= 4 is 28.4 Å². The monoisotopic (exact) mass is 405 g/mol. The first-order valence-corrected chi connectivity index (χ1v) is 10.4. The standard InChI is InChI=1S/C22H19N3O3S/c26-21-18-13-17(22(27)24-14-16-8-10-23-11-9-16)6-7-19(18)25-29(28)20(21)12-15-4-2-1-3-5-15/h1-11,13,20,25H,12,14H2,(H,24,27). The smallest absolute Gasteiger partial charge is 0.251 e. The summed E-state index contributed by atoms with van der Waals surface area (Å²) in [4.78, 5) is 29.5. The van der Waals surface area contributed by atoms with E-state index in [2.05, 4.69) is 15.0 Å². The normalized spacial score (nSPS) is 17.9. The third-order valence-electron chi connectivity index (χ3n) is 4.77. The molecule has 1 aliphatic heterocycles. The average molecular weight is 405 g/mol. The molecule has 2 aromatic carbocycles. The lowest BCUT2D eigenvalue weighted by atomic mass is 9.98. The minimum atomic E-state index is -1.52. The van der Waals surface area contributed by atoms with Gasteiger partial charge in [-0.05, 0) is 47.9 Å². The van der Waals surface area contributed by atoms with E-state index in [0.29, 0.717) is 29.8 Å². The van der Waals surface area contributed by atoms with Gasteiger partial charge in [0, 0.05) is 30.1 Å². The Bertz CT molecular complexity index is 1070. The lowest BCUT2D eigenvalue weighted by Crippen LogP contribution is -2.37. The Labute approximate surface area is 171 Å². The van der Waals surface area contributed by atoms with Crippen molar-refractivity contribution in [3.8, 4) is 0 Å². The van der Waals surface area contributed by atoms with Gasteiger partial charge in [-0.3, -0.25) is 14.6 Å². The van der Waals surface area contributed by atoms with Crippen molar-refractivity contribution in [1.82, 2.24) is 10.3 Å². The van der Waals surface area contributed by atoms with Gasteiger partial charge in [0.15, 0.2) is 5.78 Å². The van der Waals surface area contributed by atoms with Crippen LogP contribution < -0.4 is 10.0 Å². The van der Waals surface area contributed by atoms with Crippen LogP contribution in [0, 0.1) is 0 Å². The van der Waals surface area contributed by atoms with Crippen molar-refractivity contribution in [2.75, 3.05) is 4.72 Å². The third-order valence-corrected chi connectivity index (χ3v) is 6.09. The summed E-state index contributed by atoms with van der Waals surface area (Å²) < 4.78 is 15.4. The van der Waals surface area contributed by atoms with Gasteiger partial charge in [0.25, 0.3) is 5.91 Å². The molecule has 0 fully saturated rings. The van der Waals surface area contributed by atoms with Crippen LogP contribution in [0.2, 0.25) is 0 Å². The van der Waals surface area contributed by atoms with Gasteiger partial charge in [-0.1, -0.05) is 30.3 Å². The van der Waals surface area contributed by atoms with Crippen molar-refractivity contribution in [2.45, 2.75) is 18.2 Å². The van der Waals surface area contributed by atoms with Crippen molar-refractivity contribution in [1.29, 1.82) is 0 Å². The second-order valence-corrected chi connectivity index (χ2v) is 8.11. The summed E-state index contributed by atoms with van der Waals surface area (Å²) in [6.07, 6.45) is 3.70. The maximum absolute atomic E-state index is 13.0. The molecule has 4 rings (SSSR count). The maximum atomic E-state index is 13.0. The first-order valence-electron chi connectivity index (χ1n) is 9.18. The SMILES string of the molecule is O=C(NCc1ccncc1)c1ccc2c(c1)C(=O)C(Cc1ccccc1)S(=O)N2. The van der Waals surface area contributed by atoms with E-state index in [1.54, 1.807) is 30.6 Å². The van der Waals surface area contributed by atoms with E-state index in [0.717, 1.165) is 11.1 Å². The summed E-state index contributed by atoms with van der Waals surface area (Å²) in [7, 11) is -1.52. The van der Waals surface area contributed by atoms with E-state index >= 15 is 0 Å². The Morgan fingerprint density at radius 1 is 1.03 bits per heavy atom. The van der Waals surface area contributed by atoms with Crippen LogP contribution >= 0.6 is 0 Å². The molecule has 2 unspecified atom stereocenters. The fourth-order valence-corrected chi connectivity index (χ4v) is 4.41. The molecule has 1 aliphatic rings. The zero-order chi connectivity index (χ0) is 20.2.